The number of fused-ring (bicyclic) bond motifs is 4. The van der Waals surface area contributed by atoms with E-state index in [1.807, 2.05) is 6.07 Å². The van der Waals surface area contributed by atoms with E-state index in [0.717, 1.165) is 38.5 Å². The summed E-state index contributed by atoms with van der Waals surface area (Å²) in [5.74, 6) is 0.939. The van der Waals surface area contributed by atoms with Crippen LogP contribution in [0.3, 0.4) is 0 Å². The Kier molecular flexibility index (Phi) is 3.18. The zero-order valence-corrected chi connectivity index (χ0v) is 12.5. The Bertz CT molecular complexity index is 538. The SMILES string of the molecule is O=C1[C@H]2CCC[C@@H]1[C@@]1(O)CCCC[C@@H]1[C@H]2c1ccccc1. The van der Waals surface area contributed by atoms with Crippen LogP contribution in [0.1, 0.15) is 56.4 Å². The minimum absolute atomic E-state index is 0.0819. The highest BCUT2D eigenvalue weighted by molar-refractivity contribution is 5.87. The lowest BCUT2D eigenvalue weighted by Crippen LogP contribution is -2.60. The molecule has 4 rings (SSSR count). The van der Waals surface area contributed by atoms with E-state index in [-0.39, 0.29) is 23.7 Å². The van der Waals surface area contributed by atoms with Crippen molar-refractivity contribution in [3.8, 4) is 0 Å². The minimum Gasteiger partial charge on any atom is -0.389 e. The summed E-state index contributed by atoms with van der Waals surface area (Å²) < 4.78 is 0. The second-order valence-corrected chi connectivity index (χ2v) is 7.27. The number of Topliss-reactive ketones (excluding diaryl/α,β-unsaturated/α-hetero) is 1. The van der Waals surface area contributed by atoms with E-state index < -0.39 is 5.60 Å². The Morgan fingerprint density at radius 3 is 2.62 bits per heavy atom. The number of hydrogen-bond donors (Lipinski definition) is 1. The van der Waals surface area contributed by atoms with Crippen molar-refractivity contribution in [1.82, 2.24) is 0 Å². The van der Waals surface area contributed by atoms with Crippen molar-refractivity contribution in [2.45, 2.75) is 56.5 Å². The Labute approximate surface area is 126 Å². The molecule has 21 heavy (non-hydrogen) atoms. The molecule has 2 nitrogen and oxygen atoms in total. The van der Waals surface area contributed by atoms with Crippen molar-refractivity contribution in [2.24, 2.45) is 17.8 Å². The zero-order chi connectivity index (χ0) is 14.4. The first-order valence-electron chi connectivity index (χ1n) is 8.53. The van der Waals surface area contributed by atoms with E-state index in [9.17, 15) is 9.90 Å². The lowest BCUT2D eigenvalue weighted by molar-refractivity contribution is -0.172. The number of carbonyl (C=O) groups excluding carboxylic acids is 1. The number of rotatable bonds is 1. The maximum absolute atomic E-state index is 12.9. The van der Waals surface area contributed by atoms with Crippen molar-refractivity contribution >= 4 is 5.78 Å². The molecule has 3 saturated carbocycles. The van der Waals surface area contributed by atoms with Crippen molar-refractivity contribution in [3.63, 3.8) is 0 Å². The zero-order valence-electron chi connectivity index (χ0n) is 12.5. The highest BCUT2D eigenvalue weighted by atomic mass is 16.3. The Hall–Kier alpha value is -1.15. The third kappa shape index (κ3) is 1.92. The molecule has 0 heterocycles. The summed E-state index contributed by atoms with van der Waals surface area (Å²) in [6.07, 6.45) is 7.19. The molecular weight excluding hydrogens is 260 g/mol. The Morgan fingerprint density at radius 1 is 1.00 bits per heavy atom. The fourth-order valence-electron chi connectivity index (χ4n) is 5.49. The summed E-state index contributed by atoms with van der Waals surface area (Å²) in [4.78, 5) is 12.9. The molecule has 2 bridgehead atoms. The van der Waals surface area contributed by atoms with Crippen LogP contribution in [-0.4, -0.2) is 16.5 Å². The monoisotopic (exact) mass is 284 g/mol. The molecule has 3 aliphatic rings. The Balaban J connectivity index is 1.82. The first-order chi connectivity index (χ1) is 10.2. The predicted molar refractivity (Wildman–Crippen MR) is 81.9 cm³/mol. The van der Waals surface area contributed by atoms with E-state index in [4.69, 9.17) is 0 Å². The van der Waals surface area contributed by atoms with E-state index in [1.54, 1.807) is 0 Å². The van der Waals surface area contributed by atoms with Crippen LogP contribution in [-0.2, 0) is 4.79 Å². The lowest BCUT2D eigenvalue weighted by Gasteiger charge is -2.56. The van der Waals surface area contributed by atoms with Gasteiger partial charge in [-0.3, -0.25) is 4.79 Å². The van der Waals surface area contributed by atoms with Gasteiger partial charge in [0, 0.05) is 11.8 Å². The quantitative estimate of drug-likeness (QED) is 0.854. The summed E-state index contributed by atoms with van der Waals surface area (Å²) in [5, 5.41) is 11.4. The summed E-state index contributed by atoms with van der Waals surface area (Å²) in [6.45, 7) is 0. The van der Waals surface area contributed by atoms with Gasteiger partial charge in [-0.1, -0.05) is 49.6 Å². The molecule has 0 spiro atoms. The summed E-state index contributed by atoms with van der Waals surface area (Å²) in [6, 6.07) is 10.5. The van der Waals surface area contributed by atoms with Crippen molar-refractivity contribution in [2.75, 3.05) is 0 Å². The second-order valence-electron chi connectivity index (χ2n) is 7.27. The molecule has 0 saturated heterocycles. The molecule has 0 aromatic heterocycles. The van der Waals surface area contributed by atoms with Crippen molar-refractivity contribution in [1.29, 1.82) is 0 Å². The van der Waals surface area contributed by atoms with Gasteiger partial charge < -0.3 is 5.11 Å². The first kappa shape index (κ1) is 13.5. The standard InChI is InChI=1S/C19H24O2/c20-18-14-9-6-11-16(18)19(21)12-5-4-10-15(19)17(14)13-7-2-1-3-8-13/h1-3,7-8,14-17,21H,4-6,9-12H2/t14-,15+,16-,17-,19+/m0/s1. The van der Waals surface area contributed by atoms with Gasteiger partial charge in [0.2, 0.25) is 0 Å². The van der Waals surface area contributed by atoms with Crippen LogP contribution in [0.25, 0.3) is 0 Å². The summed E-state index contributed by atoms with van der Waals surface area (Å²) in [7, 11) is 0. The topological polar surface area (TPSA) is 37.3 Å². The molecule has 0 unspecified atom stereocenters. The van der Waals surface area contributed by atoms with Crippen LogP contribution >= 0.6 is 0 Å². The fraction of sp³-hybridized carbons (Fsp3) is 0.632. The Morgan fingerprint density at radius 2 is 1.81 bits per heavy atom. The average Bonchev–Trinajstić information content (AvgIpc) is 2.50. The lowest BCUT2D eigenvalue weighted by atomic mass is 9.49. The summed E-state index contributed by atoms with van der Waals surface area (Å²) in [5.41, 5.74) is 0.536. The van der Waals surface area contributed by atoms with Crippen LogP contribution in [0.4, 0.5) is 0 Å². The maximum atomic E-state index is 12.9. The van der Waals surface area contributed by atoms with E-state index in [2.05, 4.69) is 24.3 Å². The molecule has 0 amide bonds. The van der Waals surface area contributed by atoms with Crippen LogP contribution in [0, 0.1) is 17.8 Å². The minimum atomic E-state index is -0.729. The highest BCUT2D eigenvalue weighted by Gasteiger charge is 2.59. The molecular formula is C19H24O2. The molecule has 1 aromatic rings. The summed E-state index contributed by atoms with van der Waals surface area (Å²) >= 11 is 0. The molecule has 1 aromatic carbocycles. The molecule has 112 valence electrons. The number of hydrogen-bond acceptors (Lipinski definition) is 2. The number of aliphatic hydroxyl groups is 1. The second kappa shape index (κ2) is 4.95. The molecule has 2 heteroatoms. The number of ketones is 1. The molecule has 0 radical (unpaired) electrons. The molecule has 0 aliphatic heterocycles. The van der Waals surface area contributed by atoms with Crippen LogP contribution in [0.15, 0.2) is 30.3 Å². The van der Waals surface area contributed by atoms with Gasteiger partial charge >= 0.3 is 0 Å². The van der Waals surface area contributed by atoms with E-state index in [1.165, 1.54) is 12.0 Å². The molecule has 5 atom stereocenters. The van der Waals surface area contributed by atoms with Gasteiger partial charge in [-0.15, -0.1) is 0 Å². The molecule has 3 aliphatic carbocycles. The van der Waals surface area contributed by atoms with Gasteiger partial charge in [0.15, 0.2) is 0 Å². The highest BCUT2D eigenvalue weighted by Crippen LogP contribution is 2.57. The largest absolute Gasteiger partial charge is 0.389 e. The fourth-order valence-corrected chi connectivity index (χ4v) is 5.49. The first-order valence-corrected chi connectivity index (χ1v) is 8.53. The van der Waals surface area contributed by atoms with Crippen molar-refractivity contribution in [3.05, 3.63) is 35.9 Å². The van der Waals surface area contributed by atoms with Crippen LogP contribution in [0.2, 0.25) is 0 Å². The third-order valence-corrected chi connectivity index (χ3v) is 6.36. The number of benzene rings is 1. The predicted octanol–water partition coefficient (Wildman–Crippen LogP) is 3.69. The van der Waals surface area contributed by atoms with E-state index >= 15 is 0 Å². The molecule has 3 fully saturated rings. The maximum Gasteiger partial charge on any atom is 0.142 e. The van der Waals surface area contributed by atoms with Gasteiger partial charge in [0.1, 0.15) is 5.78 Å². The van der Waals surface area contributed by atoms with E-state index in [0.29, 0.717) is 5.78 Å². The van der Waals surface area contributed by atoms with Crippen molar-refractivity contribution < 1.29 is 9.90 Å². The smallest absolute Gasteiger partial charge is 0.142 e. The molecule has 1 N–H and O–H groups in total. The number of carbonyl (C=O) groups is 1. The normalized spacial score (nSPS) is 42.4. The van der Waals surface area contributed by atoms with Gasteiger partial charge in [0.05, 0.1) is 5.60 Å². The van der Waals surface area contributed by atoms with Gasteiger partial charge in [-0.2, -0.15) is 0 Å². The van der Waals surface area contributed by atoms with Crippen LogP contribution < -0.4 is 0 Å². The average molecular weight is 284 g/mol. The van der Waals surface area contributed by atoms with Crippen LogP contribution in [0.5, 0.6) is 0 Å². The van der Waals surface area contributed by atoms with Gasteiger partial charge in [-0.05, 0) is 43.1 Å². The van der Waals surface area contributed by atoms with Gasteiger partial charge in [0.25, 0.3) is 0 Å². The third-order valence-electron chi connectivity index (χ3n) is 6.36. The van der Waals surface area contributed by atoms with Gasteiger partial charge in [-0.25, -0.2) is 0 Å².